The van der Waals surface area contributed by atoms with E-state index in [2.05, 4.69) is 36.1 Å². The number of aliphatic hydroxyl groups excluding tert-OH is 1. The van der Waals surface area contributed by atoms with Gasteiger partial charge in [0.25, 0.3) is 0 Å². The SMILES string of the molecule is CCN(CCCO)Cc1ccccc1. The van der Waals surface area contributed by atoms with Crippen LogP contribution in [-0.4, -0.2) is 29.7 Å². The second-order valence-corrected chi connectivity index (χ2v) is 3.43. The molecule has 0 spiro atoms. The van der Waals surface area contributed by atoms with Crippen LogP contribution in [0.5, 0.6) is 0 Å². The molecule has 78 valence electrons. The quantitative estimate of drug-likeness (QED) is 0.745. The summed E-state index contributed by atoms with van der Waals surface area (Å²) in [5.41, 5.74) is 1.34. The highest BCUT2D eigenvalue weighted by Gasteiger charge is 2.01. The van der Waals surface area contributed by atoms with E-state index in [1.807, 2.05) is 6.07 Å². The summed E-state index contributed by atoms with van der Waals surface area (Å²) < 4.78 is 0. The van der Waals surface area contributed by atoms with Crippen LogP contribution in [-0.2, 0) is 6.54 Å². The molecular weight excluding hydrogens is 174 g/mol. The molecule has 0 aromatic heterocycles. The molecule has 0 fully saturated rings. The minimum Gasteiger partial charge on any atom is -0.396 e. The van der Waals surface area contributed by atoms with Gasteiger partial charge in [0.05, 0.1) is 0 Å². The van der Waals surface area contributed by atoms with Gasteiger partial charge in [-0.2, -0.15) is 0 Å². The number of aliphatic hydroxyl groups is 1. The number of hydrogen-bond acceptors (Lipinski definition) is 2. The molecule has 0 aliphatic carbocycles. The Labute approximate surface area is 86.2 Å². The first-order chi connectivity index (χ1) is 6.86. The van der Waals surface area contributed by atoms with Crippen molar-refractivity contribution in [3.63, 3.8) is 0 Å². The summed E-state index contributed by atoms with van der Waals surface area (Å²) in [6.45, 7) is 5.43. The average Bonchev–Trinajstić information content (AvgIpc) is 2.25. The first kappa shape index (κ1) is 11.2. The molecule has 0 aliphatic heterocycles. The van der Waals surface area contributed by atoms with Crippen molar-refractivity contribution in [3.8, 4) is 0 Å². The molecular formula is C12H19NO. The molecule has 1 aromatic rings. The minimum absolute atomic E-state index is 0.283. The van der Waals surface area contributed by atoms with Gasteiger partial charge in [-0.1, -0.05) is 37.3 Å². The number of rotatable bonds is 6. The second kappa shape index (κ2) is 6.57. The fourth-order valence-corrected chi connectivity index (χ4v) is 1.48. The molecule has 0 aliphatic rings. The molecule has 0 heterocycles. The van der Waals surface area contributed by atoms with Crippen LogP contribution < -0.4 is 0 Å². The zero-order valence-corrected chi connectivity index (χ0v) is 8.82. The third-order valence-electron chi connectivity index (χ3n) is 2.33. The van der Waals surface area contributed by atoms with Crippen LogP contribution in [0, 0.1) is 0 Å². The van der Waals surface area contributed by atoms with Crippen molar-refractivity contribution in [1.29, 1.82) is 0 Å². The maximum absolute atomic E-state index is 8.75. The van der Waals surface area contributed by atoms with Gasteiger partial charge in [0.15, 0.2) is 0 Å². The Morgan fingerprint density at radius 3 is 2.50 bits per heavy atom. The van der Waals surface area contributed by atoms with Crippen LogP contribution in [0.1, 0.15) is 18.9 Å². The molecule has 1 rings (SSSR count). The lowest BCUT2D eigenvalue weighted by Gasteiger charge is -2.19. The van der Waals surface area contributed by atoms with Crippen LogP contribution in [0.15, 0.2) is 30.3 Å². The summed E-state index contributed by atoms with van der Waals surface area (Å²) >= 11 is 0. The Hall–Kier alpha value is -0.860. The Bertz CT molecular complexity index is 235. The van der Waals surface area contributed by atoms with Gasteiger partial charge in [-0.05, 0) is 18.5 Å². The average molecular weight is 193 g/mol. The first-order valence-corrected chi connectivity index (χ1v) is 5.24. The third kappa shape index (κ3) is 3.90. The van der Waals surface area contributed by atoms with E-state index in [9.17, 15) is 0 Å². The Morgan fingerprint density at radius 2 is 1.93 bits per heavy atom. The fourth-order valence-electron chi connectivity index (χ4n) is 1.48. The Morgan fingerprint density at radius 1 is 1.21 bits per heavy atom. The van der Waals surface area contributed by atoms with E-state index < -0.39 is 0 Å². The van der Waals surface area contributed by atoms with Gasteiger partial charge in [0, 0.05) is 19.7 Å². The standard InChI is InChI=1S/C12H19NO/c1-2-13(9-6-10-14)11-12-7-4-3-5-8-12/h3-5,7-8,14H,2,6,9-11H2,1H3. The normalized spacial score (nSPS) is 10.8. The van der Waals surface area contributed by atoms with E-state index >= 15 is 0 Å². The summed E-state index contributed by atoms with van der Waals surface area (Å²) in [4.78, 5) is 2.34. The van der Waals surface area contributed by atoms with Crippen molar-refractivity contribution in [2.45, 2.75) is 19.9 Å². The predicted octanol–water partition coefficient (Wildman–Crippen LogP) is 1.89. The van der Waals surface area contributed by atoms with E-state index in [-0.39, 0.29) is 6.61 Å². The molecule has 1 N–H and O–H groups in total. The number of hydrogen-bond donors (Lipinski definition) is 1. The van der Waals surface area contributed by atoms with E-state index in [4.69, 9.17) is 5.11 Å². The van der Waals surface area contributed by atoms with Gasteiger partial charge in [-0.25, -0.2) is 0 Å². The van der Waals surface area contributed by atoms with Crippen molar-refractivity contribution < 1.29 is 5.11 Å². The van der Waals surface area contributed by atoms with Crippen LogP contribution >= 0.6 is 0 Å². The summed E-state index contributed by atoms with van der Waals surface area (Å²) in [7, 11) is 0. The zero-order chi connectivity index (χ0) is 10.2. The second-order valence-electron chi connectivity index (χ2n) is 3.43. The highest BCUT2D eigenvalue weighted by molar-refractivity contribution is 5.14. The molecule has 0 bridgehead atoms. The van der Waals surface area contributed by atoms with Crippen LogP contribution in [0.25, 0.3) is 0 Å². The van der Waals surface area contributed by atoms with Crippen LogP contribution in [0.3, 0.4) is 0 Å². The summed E-state index contributed by atoms with van der Waals surface area (Å²) in [5, 5.41) is 8.75. The summed E-state index contributed by atoms with van der Waals surface area (Å²) in [5.74, 6) is 0. The van der Waals surface area contributed by atoms with Crippen LogP contribution in [0.4, 0.5) is 0 Å². The lowest BCUT2D eigenvalue weighted by Crippen LogP contribution is -2.24. The molecule has 1 aromatic carbocycles. The Kier molecular flexibility index (Phi) is 5.27. The monoisotopic (exact) mass is 193 g/mol. The molecule has 0 atom stereocenters. The van der Waals surface area contributed by atoms with E-state index in [1.54, 1.807) is 0 Å². The van der Waals surface area contributed by atoms with Gasteiger partial charge >= 0.3 is 0 Å². The first-order valence-electron chi connectivity index (χ1n) is 5.24. The topological polar surface area (TPSA) is 23.5 Å². The maximum Gasteiger partial charge on any atom is 0.0443 e. The molecule has 14 heavy (non-hydrogen) atoms. The highest BCUT2D eigenvalue weighted by Crippen LogP contribution is 2.04. The van der Waals surface area contributed by atoms with Crippen molar-refractivity contribution in [2.24, 2.45) is 0 Å². The number of nitrogens with zero attached hydrogens (tertiary/aromatic N) is 1. The minimum atomic E-state index is 0.283. The fraction of sp³-hybridized carbons (Fsp3) is 0.500. The molecule has 0 amide bonds. The molecule has 0 saturated heterocycles. The summed E-state index contributed by atoms with van der Waals surface area (Å²) in [6.07, 6.45) is 0.862. The van der Waals surface area contributed by atoms with Crippen LogP contribution in [0.2, 0.25) is 0 Å². The highest BCUT2D eigenvalue weighted by atomic mass is 16.3. The Balaban J connectivity index is 2.40. The molecule has 0 saturated carbocycles. The van der Waals surface area contributed by atoms with Gasteiger partial charge in [-0.3, -0.25) is 4.90 Å². The third-order valence-corrected chi connectivity index (χ3v) is 2.33. The van der Waals surface area contributed by atoms with Crippen molar-refractivity contribution in [2.75, 3.05) is 19.7 Å². The molecule has 2 heteroatoms. The van der Waals surface area contributed by atoms with Crippen molar-refractivity contribution in [3.05, 3.63) is 35.9 Å². The lowest BCUT2D eigenvalue weighted by molar-refractivity contribution is 0.225. The molecule has 0 unspecified atom stereocenters. The predicted molar refractivity (Wildman–Crippen MR) is 59.1 cm³/mol. The smallest absolute Gasteiger partial charge is 0.0443 e. The van der Waals surface area contributed by atoms with Gasteiger partial charge in [0.1, 0.15) is 0 Å². The number of benzene rings is 1. The largest absolute Gasteiger partial charge is 0.396 e. The van der Waals surface area contributed by atoms with Gasteiger partial charge < -0.3 is 5.11 Å². The van der Waals surface area contributed by atoms with Crippen molar-refractivity contribution in [1.82, 2.24) is 4.90 Å². The molecule has 2 nitrogen and oxygen atoms in total. The van der Waals surface area contributed by atoms with Gasteiger partial charge in [0.2, 0.25) is 0 Å². The zero-order valence-electron chi connectivity index (χ0n) is 8.82. The van der Waals surface area contributed by atoms with E-state index in [0.717, 1.165) is 26.1 Å². The molecule has 0 radical (unpaired) electrons. The van der Waals surface area contributed by atoms with E-state index in [1.165, 1.54) is 5.56 Å². The van der Waals surface area contributed by atoms with Crippen molar-refractivity contribution >= 4 is 0 Å². The lowest BCUT2D eigenvalue weighted by atomic mass is 10.2. The maximum atomic E-state index is 8.75. The van der Waals surface area contributed by atoms with Gasteiger partial charge in [-0.15, -0.1) is 0 Å². The summed E-state index contributed by atoms with van der Waals surface area (Å²) in [6, 6.07) is 10.4. The van der Waals surface area contributed by atoms with E-state index in [0.29, 0.717) is 0 Å².